The average molecular weight is 575 g/mol. The molecule has 9 nitrogen and oxygen atoms in total. The van der Waals surface area contributed by atoms with Gasteiger partial charge in [-0.1, -0.05) is 6.92 Å². The van der Waals surface area contributed by atoms with E-state index in [4.69, 9.17) is 23.7 Å². The lowest BCUT2D eigenvalue weighted by molar-refractivity contribution is -0.278. The summed E-state index contributed by atoms with van der Waals surface area (Å²) in [5.74, 6) is -1.02. The highest BCUT2D eigenvalue weighted by atomic mass is 16.8. The van der Waals surface area contributed by atoms with Crippen LogP contribution in [-0.4, -0.2) is 76.8 Å². The zero-order valence-corrected chi connectivity index (χ0v) is 24.8. The molecule has 4 saturated carbocycles. The Bertz CT molecular complexity index is 1140. The smallest absolute Gasteiger partial charge is 0.331 e. The van der Waals surface area contributed by atoms with Crippen molar-refractivity contribution in [1.29, 1.82) is 0 Å². The molecule has 3 heterocycles. The Balaban J connectivity index is 1.08. The van der Waals surface area contributed by atoms with Crippen molar-refractivity contribution >= 4 is 12.3 Å². The second kappa shape index (κ2) is 9.32. The number of cyclic esters (lactones) is 1. The van der Waals surface area contributed by atoms with Gasteiger partial charge in [-0.25, -0.2) is 4.79 Å². The summed E-state index contributed by atoms with van der Waals surface area (Å²) >= 11 is 0. The zero-order chi connectivity index (χ0) is 29.0. The maximum absolute atomic E-state index is 13.1. The van der Waals surface area contributed by atoms with Gasteiger partial charge in [0.25, 0.3) is 0 Å². The Kier molecular flexibility index (Phi) is 6.46. The number of esters is 1. The third-order valence-electron chi connectivity index (χ3n) is 12.7. The fourth-order valence-corrected chi connectivity index (χ4v) is 10.7. The number of hydrogen-bond donors (Lipinski definition) is 2. The number of hydrogen-bond acceptors (Lipinski definition) is 9. The molecule has 0 aromatic rings. The van der Waals surface area contributed by atoms with Gasteiger partial charge in [0.05, 0.1) is 34.9 Å². The first-order chi connectivity index (χ1) is 19.3. The van der Waals surface area contributed by atoms with Crippen molar-refractivity contribution in [3.63, 3.8) is 0 Å². The Labute approximate surface area is 242 Å². The second-order valence-corrected chi connectivity index (χ2v) is 14.9. The molecule has 0 amide bonds. The van der Waals surface area contributed by atoms with Gasteiger partial charge in [0.15, 0.2) is 12.1 Å². The highest BCUT2D eigenvalue weighted by molar-refractivity contribution is 5.85. The molecule has 0 bridgehead atoms. The van der Waals surface area contributed by atoms with Crippen LogP contribution in [0.3, 0.4) is 0 Å². The predicted octanol–water partition coefficient (Wildman–Crippen LogP) is 3.58. The molecule has 3 aliphatic heterocycles. The van der Waals surface area contributed by atoms with Crippen LogP contribution in [0.2, 0.25) is 0 Å². The number of ether oxygens (including phenoxy) is 5. The SMILES string of the molecule is C[C@@H]1O[C@H](O[C@@H]2CC[C@]3(C=O)[C@@H]4CC[C@]5(C)[C@H](C6=CC(=O)OC6)CC[C@]5(O)[C@@H]4CC[C@]3(O)C2)C[C@@H]2OC(C)(C)O[C@H]12. The summed E-state index contributed by atoms with van der Waals surface area (Å²) in [5, 5.41) is 24.7. The Morgan fingerprint density at radius 3 is 2.51 bits per heavy atom. The monoisotopic (exact) mass is 574 g/mol. The van der Waals surface area contributed by atoms with Crippen LogP contribution < -0.4 is 0 Å². The summed E-state index contributed by atoms with van der Waals surface area (Å²) < 4.78 is 30.0. The summed E-state index contributed by atoms with van der Waals surface area (Å²) in [6.45, 7) is 8.28. The standard InChI is InChI=1S/C32H46O9/c1-18-27-24(40-28(2,3)41-27)14-26(38-18)39-20-5-10-30(17-33)22-6-9-29(4)21(19-13-25(34)37-16-19)8-12-32(29,36)23(22)7-11-31(30,35)15-20/h13,17-18,20-24,26-27,35-36H,5-12,14-16H2,1-4H3/t18-,20+,21-,22+,23+,24-,26+,27+,29+,30-,31-,32-/m0/s1. The van der Waals surface area contributed by atoms with Crippen LogP contribution in [-0.2, 0) is 33.3 Å². The minimum absolute atomic E-state index is 0.0739. The average Bonchev–Trinajstić information content (AvgIpc) is 3.55. The minimum atomic E-state index is -1.19. The van der Waals surface area contributed by atoms with Crippen LogP contribution >= 0.6 is 0 Å². The van der Waals surface area contributed by atoms with Crippen molar-refractivity contribution in [3.8, 4) is 0 Å². The molecule has 7 aliphatic rings. The van der Waals surface area contributed by atoms with E-state index in [0.29, 0.717) is 51.6 Å². The first-order valence-corrected chi connectivity index (χ1v) is 15.8. The topological polar surface area (TPSA) is 121 Å². The van der Waals surface area contributed by atoms with Crippen LogP contribution in [0.25, 0.3) is 0 Å². The molecule has 2 saturated heterocycles. The highest BCUT2D eigenvalue weighted by Gasteiger charge is 2.71. The molecule has 41 heavy (non-hydrogen) atoms. The van der Waals surface area contributed by atoms with E-state index in [1.54, 1.807) is 6.08 Å². The second-order valence-electron chi connectivity index (χ2n) is 14.9. The first-order valence-electron chi connectivity index (χ1n) is 15.8. The van der Waals surface area contributed by atoms with Gasteiger partial charge >= 0.3 is 5.97 Å². The van der Waals surface area contributed by atoms with Gasteiger partial charge < -0.3 is 38.7 Å². The normalized spacial score (nSPS) is 53.9. The van der Waals surface area contributed by atoms with Crippen LogP contribution in [0.15, 0.2) is 11.6 Å². The Morgan fingerprint density at radius 1 is 1.00 bits per heavy atom. The predicted molar refractivity (Wildman–Crippen MR) is 145 cm³/mol. The molecule has 7 rings (SSSR count). The molecule has 0 spiro atoms. The summed E-state index contributed by atoms with van der Waals surface area (Å²) in [7, 11) is 0. The molecule has 0 aromatic heterocycles. The molecule has 9 heteroatoms. The van der Waals surface area contributed by atoms with Crippen molar-refractivity contribution in [2.75, 3.05) is 6.61 Å². The molecule has 2 N–H and O–H groups in total. The number of carbonyl (C=O) groups is 2. The number of carbonyl (C=O) groups excluding carboxylic acids is 2. The Hall–Kier alpha value is -1.36. The maximum Gasteiger partial charge on any atom is 0.331 e. The summed E-state index contributed by atoms with van der Waals surface area (Å²) in [5.41, 5.74) is -2.44. The van der Waals surface area contributed by atoms with Crippen LogP contribution in [0.4, 0.5) is 0 Å². The Morgan fingerprint density at radius 2 is 1.78 bits per heavy atom. The zero-order valence-electron chi connectivity index (χ0n) is 24.8. The van der Waals surface area contributed by atoms with Crippen LogP contribution in [0, 0.1) is 28.6 Å². The molecule has 12 atom stereocenters. The first kappa shape index (κ1) is 28.4. The minimum Gasteiger partial charge on any atom is -0.458 e. The number of aldehydes is 1. The lowest BCUT2D eigenvalue weighted by Gasteiger charge is -2.65. The van der Waals surface area contributed by atoms with Gasteiger partial charge in [0, 0.05) is 24.3 Å². The number of rotatable bonds is 4. The third kappa shape index (κ3) is 4.02. The lowest BCUT2D eigenvalue weighted by Crippen LogP contribution is -2.69. The summed E-state index contributed by atoms with van der Waals surface area (Å²) in [4.78, 5) is 24.9. The van der Waals surface area contributed by atoms with Gasteiger partial charge in [0.2, 0.25) is 0 Å². The van der Waals surface area contributed by atoms with Crippen molar-refractivity contribution in [1.82, 2.24) is 0 Å². The summed E-state index contributed by atoms with van der Waals surface area (Å²) in [6, 6.07) is 0. The molecule has 4 aliphatic carbocycles. The van der Waals surface area contributed by atoms with E-state index in [-0.39, 0.29) is 53.6 Å². The molecule has 0 radical (unpaired) electrons. The molecule has 6 fully saturated rings. The fourth-order valence-electron chi connectivity index (χ4n) is 10.7. The largest absolute Gasteiger partial charge is 0.458 e. The van der Waals surface area contributed by atoms with Gasteiger partial charge in [-0.3, -0.25) is 0 Å². The van der Waals surface area contributed by atoms with E-state index in [0.717, 1.165) is 31.1 Å². The van der Waals surface area contributed by atoms with Crippen LogP contribution in [0.1, 0.15) is 91.9 Å². The third-order valence-corrected chi connectivity index (χ3v) is 12.7. The van der Waals surface area contributed by atoms with Crippen molar-refractivity contribution in [3.05, 3.63) is 11.6 Å². The molecule has 228 valence electrons. The maximum atomic E-state index is 13.1. The van der Waals surface area contributed by atoms with Crippen molar-refractivity contribution < 1.29 is 43.5 Å². The molecular formula is C32H46O9. The summed E-state index contributed by atoms with van der Waals surface area (Å²) in [6.07, 6.45) is 7.78. The lowest BCUT2D eigenvalue weighted by atomic mass is 9.41. The van der Waals surface area contributed by atoms with Crippen molar-refractivity contribution in [2.24, 2.45) is 28.6 Å². The highest BCUT2D eigenvalue weighted by Crippen LogP contribution is 2.70. The van der Waals surface area contributed by atoms with Gasteiger partial charge in [-0.05, 0) is 95.5 Å². The van der Waals surface area contributed by atoms with E-state index in [9.17, 15) is 19.8 Å². The number of aliphatic hydroxyl groups is 2. The molecular weight excluding hydrogens is 528 g/mol. The van der Waals surface area contributed by atoms with E-state index in [1.165, 1.54) is 0 Å². The van der Waals surface area contributed by atoms with E-state index >= 15 is 0 Å². The van der Waals surface area contributed by atoms with Gasteiger partial charge in [-0.15, -0.1) is 0 Å². The van der Waals surface area contributed by atoms with Crippen molar-refractivity contribution in [2.45, 2.75) is 140 Å². The fraction of sp³-hybridized carbons (Fsp3) is 0.875. The quantitative estimate of drug-likeness (QED) is 0.295. The van der Waals surface area contributed by atoms with Crippen LogP contribution in [0.5, 0.6) is 0 Å². The number of fused-ring (bicyclic) bond motifs is 6. The molecule has 0 aromatic carbocycles. The molecule has 0 unspecified atom stereocenters. The van der Waals surface area contributed by atoms with E-state index in [1.807, 2.05) is 20.8 Å². The van der Waals surface area contributed by atoms with E-state index < -0.39 is 28.7 Å². The van der Waals surface area contributed by atoms with Gasteiger partial charge in [0.1, 0.15) is 19.0 Å². The van der Waals surface area contributed by atoms with E-state index in [2.05, 4.69) is 6.92 Å². The van der Waals surface area contributed by atoms with Gasteiger partial charge in [-0.2, -0.15) is 0 Å².